The maximum Gasteiger partial charge on any atom is 0.0701 e. The van der Waals surface area contributed by atoms with E-state index < -0.39 is 0 Å². The molecule has 1 aliphatic heterocycles. The molecule has 0 aliphatic carbocycles. The van der Waals surface area contributed by atoms with Gasteiger partial charge in [0.15, 0.2) is 0 Å². The fourth-order valence-electron chi connectivity index (χ4n) is 0.362. The van der Waals surface area contributed by atoms with Crippen molar-refractivity contribution < 1.29 is 9.84 Å². The van der Waals surface area contributed by atoms with Crippen LogP contribution in [0.15, 0.2) is 0 Å². The summed E-state index contributed by atoms with van der Waals surface area (Å²) in [5.41, 5.74) is 0. The van der Waals surface area contributed by atoms with Gasteiger partial charge in [-0.15, -0.1) is 0 Å². The second-order valence-electron chi connectivity index (χ2n) is 2.04. The molecule has 2 nitrogen and oxygen atoms in total. The second-order valence-corrected chi connectivity index (χ2v) is 2.04. The van der Waals surface area contributed by atoms with Gasteiger partial charge >= 0.3 is 0 Å². The summed E-state index contributed by atoms with van der Waals surface area (Å²) >= 11 is 0. The number of aliphatic hydroxyl groups excluding tert-OH is 1. The lowest BCUT2D eigenvalue weighted by molar-refractivity contribution is 0.284. The predicted molar refractivity (Wildman–Crippen MR) is 37.4 cm³/mol. The molecule has 0 aromatic rings. The molecular formula is C7H16O2. The van der Waals surface area contributed by atoms with Gasteiger partial charge in [0.25, 0.3) is 0 Å². The third-order valence-electron chi connectivity index (χ3n) is 0.966. The van der Waals surface area contributed by atoms with Crippen molar-refractivity contribution in [2.45, 2.75) is 26.2 Å². The molecule has 1 N–H and O–H groups in total. The van der Waals surface area contributed by atoms with Gasteiger partial charge in [0.2, 0.25) is 0 Å². The van der Waals surface area contributed by atoms with Gasteiger partial charge in [-0.3, -0.25) is 0 Å². The average molecular weight is 132 g/mol. The van der Waals surface area contributed by atoms with E-state index in [-0.39, 0.29) is 0 Å². The van der Waals surface area contributed by atoms with Crippen molar-refractivity contribution >= 4 is 0 Å². The van der Waals surface area contributed by atoms with Gasteiger partial charge < -0.3 is 9.84 Å². The maximum absolute atomic E-state index is 8.20. The highest BCUT2D eigenvalue weighted by Gasteiger charge is 1.94. The fraction of sp³-hybridized carbons (Fsp3) is 1.00. The van der Waals surface area contributed by atoms with Crippen LogP contribution in [0.1, 0.15) is 26.2 Å². The summed E-state index contributed by atoms with van der Waals surface area (Å²) < 4.78 is 4.50. The van der Waals surface area contributed by atoms with Crippen molar-refractivity contribution in [3.8, 4) is 0 Å². The fourth-order valence-corrected chi connectivity index (χ4v) is 0.362. The number of aliphatic hydroxyl groups is 1. The SMILES string of the molecule is C1CO1.CCCCCO. The van der Waals surface area contributed by atoms with Gasteiger partial charge in [-0.05, 0) is 6.42 Å². The van der Waals surface area contributed by atoms with Crippen LogP contribution in [0, 0.1) is 0 Å². The van der Waals surface area contributed by atoms with Crippen LogP contribution in [-0.2, 0) is 4.74 Å². The first-order valence-corrected chi connectivity index (χ1v) is 3.60. The van der Waals surface area contributed by atoms with E-state index in [1.807, 2.05) is 0 Å². The summed E-state index contributed by atoms with van der Waals surface area (Å²) in [7, 11) is 0. The van der Waals surface area contributed by atoms with E-state index in [9.17, 15) is 0 Å². The largest absolute Gasteiger partial charge is 0.396 e. The zero-order valence-electron chi connectivity index (χ0n) is 6.10. The summed E-state index contributed by atoms with van der Waals surface area (Å²) in [6.07, 6.45) is 3.33. The monoisotopic (exact) mass is 132 g/mol. The first kappa shape index (κ1) is 8.92. The lowest BCUT2D eigenvalue weighted by Crippen LogP contribution is -1.78. The second kappa shape index (κ2) is 7.92. The Morgan fingerprint density at radius 3 is 2.00 bits per heavy atom. The van der Waals surface area contributed by atoms with Gasteiger partial charge in [-0.25, -0.2) is 0 Å². The normalized spacial score (nSPS) is 14.0. The minimum Gasteiger partial charge on any atom is -0.396 e. The molecule has 1 rings (SSSR count). The molecule has 1 fully saturated rings. The molecule has 0 unspecified atom stereocenters. The molecule has 1 heterocycles. The van der Waals surface area contributed by atoms with Crippen LogP contribution < -0.4 is 0 Å². The third-order valence-corrected chi connectivity index (χ3v) is 0.966. The van der Waals surface area contributed by atoms with Crippen molar-refractivity contribution in [1.29, 1.82) is 0 Å². The summed E-state index contributed by atoms with van der Waals surface area (Å²) in [4.78, 5) is 0. The van der Waals surface area contributed by atoms with Crippen LogP contribution in [0.4, 0.5) is 0 Å². The van der Waals surface area contributed by atoms with E-state index >= 15 is 0 Å². The number of rotatable bonds is 3. The Bertz CT molecular complexity index is 37.4. The predicted octanol–water partition coefficient (Wildman–Crippen LogP) is 1.19. The van der Waals surface area contributed by atoms with E-state index in [2.05, 4.69) is 11.7 Å². The molecule has 0 saturated carbocycles. The lowest BCUT2D eigenvalue weighted by Gasteiger charge is -1.85. The number of unbranched alkanes of at least 4 members (excludes halogenated alkanes) is 2. The third kappa shape index (κ3) is 18.1. The van der Waals surface area contributed by atoms with Crippen LogP contribution in [0.2, 0.25) is 0 Å². The van der Waals surface area contributed by atoms with Gasteiger partial charge in [0.1, 0.15) is 0 Å². The Kier molecular flexibility index (Phi) is 7.85. The van der Waals surface area contributed by atoms with Crippen molar-refractivity contribution in [2.24, 2.45) is 0 Å². The smallest absolute Gasteiger partial charge is 0.0701 e. The minimum atomic E-state index is 0.355. The highest BCUT2D eigenvalue weighted by molar-refractivity contribution is 4.36. The highest BCUT2D eigenvalue weighted by Crippen LogP contribution is 1.89. The Balaban J connectivity index is 0.000000173. The van der Waals surface area contributed by atoms with E-state index in [0.717, 1.165) is 26.1 Å². The van der Waals surface area contributed by atoms with E-state index in [1.54, 1.807) is 0 Å². The van der Waals surface area contributed by atoms with Crippen LogP contribution in [0.5, 0.6) is 0 Å². The molecule has 0 bridgehead atoms. The van der Waals surface area contributed by atoms with Gasteiger partial charge in [0.05, 0.1) is 13.2 Å². The van der Waals surface area contributed by atoms with E-state index in [0.29, 0.717) is 6.61 Å². The molecule has 2 heteroatoms. The molecule has 56 valence electrons. The number of hydrogen-bond acceptors (Lipinski definition) is 2. The van der Waals surface area contributed by atoms with E-state index in [4.69, 9.17) is 5.11 Å². The van der Waals surface area contributed by atoms with Gasteiger partial charge in [-0.1, -0.05) is 19.8 Å². The number of ether oxygens (including phenoxy) is 1. The van der Waals surface area contributed by atoms with Crippen molar-refractivity contribution in [3.05, 3.63) is 0 Å². The van der Waals surface area contributed by atoms with E-state index in [1.165, 1.54) is 6.42 Å². The lowest BCUT2D eigenvalue weighted by atomic mass is 10.3. The molecule has 1 aliphatic rings. The Labute approximate surface area is 56.8 Å². The summed E-state index contributed by atoms with van der Waals surface area (Å²) in [6, 6.07) is 0. The van der Waals surface area contributed by atoms with Crippen molar-refractivity contribution in [3.63, 3.8) is 0 Å². The summed E-state index contributed by atoms with van der Waals surface area (Å²) in [5, 5.41) is 8.20. The number of epoxide rings is 1. The zero-order chi connectivity index (χ0) is 6.95. The topological polar surface area (TPSA) is 32.8 Å². The van der Waals surface area contributed by atoms with Crippen LogP contribution in [0.25, 0.3) is 0 Å². The zero-order valence-corrected chi connectivity index (χ0v) is 6.10. The molecule has 0 spiro atoms. The Morgan fingerprint density at radius 2 is 1.89 bits per heavy atom. The minimum absolute atomic E-state index is 0.355. The molecule has 0 aromatic carbocycles. The molecule has 0 atom stereocenters. The van der Waals surface area contributed by atoms with Crippen molar-refractivity contribution in [2.75, 3.05) is 19.8 Å². The summed E-state index contributed by atoms with van der Waals surface area (Å²) in [5.74, 6) is 0. The van der Waals surface area contributed by atoms with Gasteiger partial charge in [-0.2, -0.15) is 0 Å². The molecular weight excluding hydrogens is 116 g/mol. The van der Waals surface area contributed by atoms with Crippen LogP contribution in [0.3, 0.4) is 0 Å². The molecule has 0 radical (unpaired) electrons. The first-order valence-electron chi connectivity index (χ1n) is 3.60. The number of hydrogen-bond donors (Lipinski definition) is 1. The standard InChI is InChI=1S/C5H12O.C2H4O/c1-2-3-4-5-6;1-2-3-1/h6H,2-5H2,1H3;1-2H2. The van der Waals surface area contributed by atoms with Crippen LogP contribution in [-0.4, -0.2) is 24.9 Å². The Morgan fingerprint density at radius 1 is 1.33 bits per heavy atom. The quantitative estimate of drug-likeness (QED) is 0.462. The molecule has 9 heavy (non-hydrogen) atoms. The first-order chi connectivity index (χ1) is 4.41. The summed E-state index contributed by atoms with van der Waals surface area (Å²) in [6.45, 7) is 4.48. The van der Waals surface area contributed by atoms with Gasteiger partial charge in [0, 0.05) is 6.61 Å². The maximum atomic E-state index is 8.20. The highest BCUT2D eigenvalue weighted by atomic mass is 16.6. The Hall–Kier alpha value is -0.0800. The average Bonchev–Trinajstić information content (AvgIpc) is 2.67. The molecule has 1 saturated heterocycles. The molecule has 0 amide bonds. The van der Waals surface area contributed by atoms with Crippen molar-refractivity contribution in [1.82, 2.24) is 0 Å². The van der Waals surface area contributed by atoms with Crippen LogP contribution >= 0.6 is 0 Å². The molecule has 0 aromatic heterocycles.